The number of hydrogen-bond donors (Lipinski definition) is 2. The molecule has 0 saturated carbocycles. The molecular formula is C29H26ClFN4O4S. The van der Waals surface area contributed by atoms with Gasteiger partial charge >= 0.3 is 0 Å². The predicted octanol–water partition coefficient (Wildman–Crippen LogP) is 6.14. The molecule has 0 amide bonds. The first kappa shape index (κ1) is 20.8. The van der Waals surface area contributed by atoms with Crippen LogP contribution in [0.2, 0.25) is 5.02 Å². The second-order valence-electron chi connectivity index (χ2n) is 8.60. The summed E-state index contributed by atoms with van der Waals surface area (Å²) in [5.74, 6) is -1.14. The standard InChI is InChI=1S/C29H26ClFN4O4S/c1-40(36,37)12-11-32-16-23-7-10-27(39-23)20-5-8-26-24(14-20)29(34-18-33-26)35-22-6-9-28(25(30)15-22)38-17-19-3-2-4-21(31)13-19/h2-10,13-15,18,32H,11-12,16-17H2,1H3,(H,33,34,35)/i11D2,16D2,17D2. The minimum atomic E-state index is -3.74. The molecule has 0 unspecified atom stereocenters. The molecule has 0 aliphatic heterocycles. The van der Waals surface area contributed by atoms with Crippen molar-refractivity contribution in [2.24, 2.45) is 0 Å². The molecule has 3 aromatic carbocycles. The van der Waals surface area contributed by atoms with Crippen LogP contribution < -0.4 is 15.4 Å². The zero-order valence-corrected chi connectivity index (χ0v) is 22.5. The summed E-state index contributed by atoms with van der Waals surface area (Å²) in [6, 6.07) is 17.5. The van der Waals surface area contributed by atoms with Crippen LogP contribution in [0, 0.1) is 5.82 Å². The number of anilines is 2. The quantitative estimate of drug-likeness (QED) is 0.190. The highest BCUT2D eigenvalue weighted by Gasteiger charge is 2.11. The van der Waals surface area contributed by atoms with E-state index in [-0.39, 0.29) is 27.9 Å². The number of fused-ring (bicyclic) bond motifs is 1. The fourth-order valence-corrected chi connectivity index (χ4v) is 4.16. The highest BCUT2D eigenvalue weighted by atomic mass is 35.5. The average Bonchev–Trinajstić information content (AvgIpc) is 3.44. The van der Waals surface area contributed by atoms with Crippen molar-refractivity contribution in [3.05, 3.63) is 101 Å². The molecule has 0 saturated heterocycles. The number of sulfone groups is 1. The summed E-state index contributed by atoms with van der Waals surface area (Å²) >= 11 is 6.41. The molecule has 0 fully saturated rings. The lowest BCUT2D eigenvalue weighted by Gasteiger charge is -2.12. The fourth-order valence-electron chi connectivity index (χ4n) is 3.61. The van der Waals surface area contributed by atoms with Crippen LogP contribution in [0.1, 0.15) is 19.5 Å². The average molecular weight is 587 g/mol. The number of furan rings is 1. The minimum Gasteiger partial charge on any atom is -0.487 e. The number of aromatic nitrogens is 2. The van der Waals surface area contributed by atoms with Crippen molar-refractivity contribution in [1.29, 1.82) is 0 Å². The van der Waals surface area contributed by atoms with Gasteiger partial charge in [-0.25, -0.2) is 22.8 Å². The Balaban J connectivity index is 1.37. The Morgan fingerprint density at radius 2 is 1.95 bits per heavy atom. The molecule has 5 aromatic rings. The predicted molar refractivity (Wildman–Crippen MR) is 154 cm³/mol. The van der Waals surface area contributed by atoms with Crippen LogP contribution in [0.15, 0.2) is 83.5 Å². The van der Waals surface area contributed by atoms with Gasteiger partial charge in [-0.15, -0.1) is 0 Å². The Morgan fingerprint density at radius 1 is 1.07 bits per heavy atom. The van der Waals surface area contributed by atoms with Gasteiger partial charge in [-0.3, -0.25) is 0 Å². The summed E-state index contributed by atoms with van der Waals surface area (Å²) in [4.78, 5) is 8.61. The van der Waals surface area contributed by atoms with E-state index in [0.717, 1.165) is 12.3 Å². The summed E-state index contributed by atoms with van der Waals surface area (Å²) in [6.45, 7) is -7.46. The summed E-state index contributed by atoms with van der Waals surface area (Å²) in [5.41, 5.74) is 1.55. The minimum absolute atomic E-state index is 0.0158. The fraction of sp³-hybridized carbons (Fsp3) is 0.172. The van der Waals surface area contributed by atoms with Crippen molar-refractivity contribution in [2.75, 3.05) is 23.8 Å². The lowest BCUT2D eigenvalue weighted by Crippen LogP contribution is -2.21. The highest BCUT2D eigenvalue weighted by molar-refractivity contribution is 7.90. The smallest absolute Gasteiger partial charge is 0.148 e. The Labute approximate surface area is 244 Å². The molecule has 2 N–H and O–H groups in total. The maximum atomic E-state index is 13.6. The number of halogens is 2. The summed E-state index contributed by atoms with van der Waals surface area (Å²) in [5, 5.41) is 5.86. The van der Waals surface area contributed by atoms with Crippen molar-refractivity contribution in [2.45, 2.75) is 13.1 Å². The molecule has 0 spiro atoms. The van der Waals surface area contributed by atoms with E-state index in [1.165, 1.54) is 48.8 Å². The molecule has 0 atom stereocenters. The lowest BCUT2D eigenvalue weighted by atomic mass is 10.1. The molecule has 0 bridgehead atoms. The molecular weight excluding hydrogens is 555 g/mol. The van der Waals surface area contributed by atoms with Gasteiger partial charge in [-0.1, -0.05) is 23.7 Å². The first-order valence-electron chi connectivity index (χ1n) is 14.8. The first-order valence-corrected chi connectivity index (χ1v) is 14.2. The summed E-state index contributed by atoms with van der Waals surface area (Å²) in [7, 11) is -3.74. The number of ether oxygens (including phenoxy) is 1. The third-order valence-electron chi connectivity index (χ3n) is 5.43. The Morgan fingerprint density at radius 3 is 2.75 bits per heavy atom. The number of nitrogens with one attached hydrogen (secondary N) is 2. The van der Waals surface area contributed by atoms with E-state index in [1.54, 1.807) is 24.3 Å². The van der Waals surface area contributed by atoms with Gasteiger partial charge in [0.25, 0.3) is 0 Å². The van der Waals surface area contributed by atoms with Crippen LogP contribution >= 0.6 is 11.6 Å². The van der Waals surface area contributed by atoms with E-state index < -0.39 is 41.0 Å². The molecule has 0 aliphatic rings. The van der Waals surface area contributed by atoms with Crippen molar-refractivity contribution in [1.82, 2.24) is 15.3 Å². The number of nitrogens with zero attached hydrogens (tertiary/aromatic N) is 2. The second-order valence-corrected chi connectivity index (χ2v) is 11.1. The Kier molecular flexibility index (Phi) is 6.27. The van der Waals surface area contributed by atoms with Crippen LogP contribution in [0.25, 0.3) is 22.2 Å². The van der Waals surface area contributed by atoms with Gasteiger partial charge in [-0.05, 0) is 66.2 Å². The zero-order valence-electron chi connectivity index (χ0n) is 26.9. The first-order chi connectivity index (χ1) is 21.4. The maximum Gasteiger partial charge on any atom is 0.148 e. The molecule has 2 heterocycles. The Bertz CT molecular complexity index is 2030. The van der Waals surface area contributed by atoms with Gasteiger partial charge in [0.15, 0.2) is 0 Å². The van der Waals surface area contributed by atoms with Gasteiger partial charge < -0.3 is 19.8 Å². The third-order valence-corrected chi connectivity index (χ3v) is 6.40. The van der Waals surface area contributed by atoms with Gasteiger partial charge in [0.1, 0.15) is 51.6 Å². The van der Waals surface area contributed by atoms with Gasteiger partial charge in [0, 0.05) is 32.1 Å². The molecule has 11 heteroatoms. The highest BCUT2D eigenvalue weighted by Crippen LogP contribution is 2.32. The molecule has 8 nitrogen and oxygen atoms in total. The van der Waals surface area contributed by atoms with Crippen LogP contribution in [-0.4, -0.2) is 36.9 Å². The molecule has 5 rings (SSSR count). The Hall–Kier alpha value is -3.99. The molecule has 0 aliphatic carbocycles. The second kappa shape index (κ2) is 12.0. The third kappa shape index (κ3) is 7.15. The van der Waals surface area contributed by atoms with E-state index in [2.05, 4.69) is 20.6 Å². The molecule has 2 aromatic heterocycles. The van der Waals surface area contributed by atoms with E-state index >= 15 is 0 Å². The molecule has 206 valence electrons. The zero-order chi connectivity index (χ0) is 33.5. The monoisotopic (exact) mass is 586 g/mol. The number of benzene rings is 3. The number of rotatable bonds is 11. The maximum absolute atomic E-state index is 13.6. The van der Waals surface area contributed by atoms with Gasteiger partial charge in [-0.2, -0.15) is 0 Å². The van der Waals surface area contributed by atoms with E-state index in [0.29, 0.717) is 28.0 Å². The molecule has 0 radical (unpaired) electrons. The van der Waals surface area contributed by atoms with Crippen molar-refractivity contribution in [3.8, 4) is 17.1 Å². The SMILES string of the molecule is [2H]C([2H])(CS(C)(=O)=O)NC([2H])([2H])c1ccc(-c2ccc3ncnc(Nc4ccc(OC([2H])([2H])c5cccc(F)c5)c(Cl)c4)c3c2)o1. The topological polar surface area (TPSA) is 106 Å². The summed E-state index contributed by atoms with van der Waals surface area (Å²) in [6.07, 6.45) is 2.21. The van der Waals surface area contributed by atoms with Gasteiger partial charge in [0.2, 0.25) is 0 Å². The van der Waals surface area contributed by atoms with Crippen molar-refractivity contribution < 1.29 is 30.2 Å². The van der Waals surface area contributed by atoms with Crippen molar-refractivity contribution >= 4 is 43.8 Å². The normalized spacial score (nSPS) is 14.9. The lowest BCUT2D eigenvalue weighted by molar-refractivity contribution is 0.306. The van der Waals surface area contributed by atoms with Crippen LogP contribution in [0.3, 0.4) is 0 Å². The van der Waals surface area contributed by atoms with Crippen LogP contribution in [0.5, 0.6) is 5.75 Å². The molecule has 40 heavy (non-hydrogen) atoms. The van der Waals surface area contributed by atoms with E-state index in [4.69, 9.17) is 29.0 Å². The van der Waals surface area contributed by atoms with Crippen molar-refractivity contribution in [3.63, 3.8) is 0 Å². The largest absolute Gasteiger partial charge is 0.487 e. The summed E-state index contributed by atoms with van der Waals surface area (Å²) < 4.78 is 96.8. The number of hydrogen-bond acceptors (Lipinski definition) is 8. The van der Waals surface area contributed by atoms with Gasteiger partial charge in [0.05, 0.1) is 28.3 Å². The van der Waals surface area contributed by atoms with E-state index in [1.807, 2.05) is 0 Å². The van der Waals surface area contributed by atoms with Crippen LogP contribution in [-0.2, 0) is 22.9 Å². The van der Waals surface area contributed by atoms with E-state index in [9.17, 15) is 12.8 Å². The van der Waals surface area contributed by atoms with Crippen LogP contribution in [0.4, 0.5) is 15.9 Å².